The van der Waals surface area contributed by atoms with Gasteiger partial charge in [0, 0.05) is 8.99 Å². The maximum atomic E-state index is 14.1. The van der Waals surface area contributed by atoms with Gasteiger partial charge in [0.05, 0.1) is 35.2 Å². The van der Waals surface area contributed by atoms with Crippen molar-refractivity contribution >= 4 is 51.5 Å². The van der Waals surface area contributed by atoms with Crippen LogP contribution in [0.25, 0.3) is 0 Å². The van der Waals surface area contributed by atoms with Gasteiger partial charge in [-0.2, -0.15) is 0 Å². The van der Waals surface area contributed by atoms with Gasteiger partial charge in [0.15, 0.2) is 0 Å². The van der Waals surface area contributed by atoms with Crippen LogP contribution in [-0.2, 0) is 4.84 Å². The van der Waals surface area contributed by atoms with Crippen LogP contribution in [0, 0.1) is 20.6 Å². The largest absolute Gasteiger partial charge is 0.396 e. The summed E-state index contributed by atoms with van der Waals surface area (Å²) in [5, 5.41) is 11.6. The Balaban J connectivity index is 2.25. The average molecular weight is 511 g/mol. The number of hydrogen-bond acceptors (Lipinski definition) is 4. The normalized spacial score (nSPS) is 11.4. The molecule has 0 atom stereocenters. The van der Waals surface area contributed by atoms with E-state index < -0.39 is 23.0 Å². The lowest BCUT2D eigenvalue weighted by molar-refractivity contribution is -0.0197. The zero-order valence-electron chi connectivity index (χ0n) is 14.6. The summed E-state index contributed by atoms with van der Waals surface area (Å²) in [4.78, 5) is 17.5. The van der Waals surface area contributed by atoms with Gasteiger partial charge in [0.25, 0.3) is 5.91 Å². The number of carbonyl (C=O) groups excluding carboxylic acids is 1. The molecule has 0 saturated heterocycles. The van der Waals surface area contributed by atoms with Crippen molar-refractivity contribution < 1.29 is 23.5 Å². The fourth-order valence-electron chi connectivity index (χ4n) is 1.97. The van der Waals surface area contributed by atoms with Gasteiger partial charge in [-0.3, -0.25) is 9.63 Å². The van der Waals surface area contributed by atoms with Crippen molar-refractivity contribution in [1.29, 1.82) is 0 Å². The number of nitrogens with one attached hydrogen (secondary N) is 2. The van der Waals surface area contributed by atoms with Crippen molar-refractivity contribution in [2.45, 2.75) is 13.8 Å². The van der Waals surface area contributed by atoms with Crippen LogP contribution in [0.4, 0.5) is 20.2 Å². The number of benzene rings is 2. The van der Waals surface area contributed by atoms with Gasteiger partial charge in [-0.25, -0.2) is 14.3 Å². The Morgan fingerprint density at radius 2 is 1.93 bits per heavy atom. The highest BCUT2D eigenvalue weighted by atomic mass is 127. The minimum Gasteiger partial charge on any atom is -0.396 e. The number of hydrogen-bond donors (Lipinski definition) is 3. The van der Waals surface area contributed by atoms with Crippen LogP contribution in [0.15, 0.2) is 30.3 Å². The molecule has 0 aromatic heterocycles. The number of hydroxylamine groups is 1. The molecule has 2 aromatic carbocycles. The summed E-state index contributed by atoms with van der Waals surface area (Å²) in [5.41, 5.74) is 1.74. The van der Waals surface area contributed by atoms with E-state index in [0.29, 0.717) is 3.57 Å². The number of anilines is 2. The Morgan fingerprint density at radius 1 is 1.22 bits per heavy atom. The molecule has 27 heavy (non-hydrogen) atoms. The van der Waals surface area contributed by atoms with Crippen molar-refractivity contribution in [1.82, 2.24) is 5.48 Å². The number of amides is 1. The summed E-state index contributed by atoms with van der Waals surface area (Å²) in [6, 6.07) is 6.57. The molecule has 0 saturated carbocycles. The Kier molecular flexibility index (Phi) is 7.38. The first-order valence-corrected chi connectivity index (χ1v) is 9.33. The molecule has 0 aliphatic heterocycles. The molecular weight excluding hydrogens is 493 g/mol. The second kappa shape index (κ2) is 9.13. The van der Waals surface area contributed by atoms with E-state index in [0.717, 1.165) is 12.1 Å². The minimum atomic E-state index is -0.760. The van der Waals surface area contributed by atoms with Gasteiger partial charge in [0.2, 0.25) is 0 Å². The van der Waals surface area contributed by atoms with E-state index in [4.69, 9.17) is 16.4 Å². The fourth-order valence-corrected chi connectivity index (χ4v) is 2.59. The summed E-state index contributed by atoms with van der Waals surface area (Å²) in [5.74, 6) is -2.01. The molecule has 9 heteroatoms. The standard InChI is InChI=1S/C18H18ClF2IN2O3/c1-18(2,8-25)9-27-24-17(26)11-6-12(19)13(20)7-16(11)23-15-4-3-10(22)5-14(15)21/h3-7,23,25H,8-9H2,1-2H3,(H,24,26). The van der Waals surface area contributed by atoms with Crippen molar-refractivity contribution in [3.63, 3.8) is 0 Å². The summed E-state index contributed by atoms with van der Waals surface area (Å²) in [7, 11) is 0. The Hall–Kier alpha value is -1.49. The highest BCUT2D eigenvalue weighted by Gasteiger charge is 2.20. The SMILES string of the molecule is CC(C)(CO)CONC(=O)c1cc(Cl)c(F)cc1Nc1ccc(I)cc1F. The summed E-state index contributed by atoms with van der Waals surface area (Å²) >= 11 is 7.74. The van der Waals surface area contributed by atoms with E-state index in [1.165, 1.54) is 12.1 Å². The number of aliphatic hydroxyl groups excluding tert-OH is 1. The molecule has 0 aliphatic rings. The van der Waals surface area contributed by atoms with Crippen LogP contribution in [0.1, 0.15) is 24.2 Å². The Morgan fingerprint density at radius 3 is 2.56 bits per heavy atom. The molecule has 146 valence electrons. The third-order valence-corrected chi connectivity index (χ3v) is 4.52. The second-order valence-corrected chi connectivity index (χ2v) is 8.26. The fraction of sp³-hybridized carbons (Fsp3) is 0.278. The molecule has 0 bridgehead atoms. The lowest BCUT2D eigenvalue weighted by atomic mass is 9.97. The van der Waals surface area contributed by atoms with Gasteiger partial charge in [0.1, 0.15) is 11.6 Å². The smallest absolute Gasteiger partial charge is 0.277 e. The zero-order valence-corrected chi connectivity index (χ0v) is 17.5. The number of aliphatic hydroxyl groups is 1. The molecule has 2 aromatic rings. The molecule has 0 aliphatic carbocycles. The highest BCUT2D eigenvalue weighted by Crippen LogP contribution is 2.29. The predicted molar refractivity (Wildman–Crippen MR) is 108 cm³/mol. The topological polar surface area (TPSA) is 70.6 Å². The van der Waals surface area contributed by atoms with E-state index in [1.807, 2.05) is 22.6 Å². The lowest BCUT2D eigenvalue weighted by Crippen LogP contribution is -2.32. The van der Waals surface area contributed by atoms with Gasteiger partial charge in [-0.1, -0.05) is 25.4 Å². The molecule has 0 unspecified atom stereocenters. The van der Waals surface area contributed by atoms with Crippen LogP contribution in [0.3, 0.4) is 0 Å². The van der Waals surface area contributed by atoms with Crippen LogP contribution >= 0.6 is 34.2 Å². The lowest BCUT2D eigenvalue weighted by Gasteiger charge is -2.21. The summed E-state index contributed by atoms with van der Waals surface area (Å²) < 4.78 is 28.7. The minimum absolute atomic E-state index is 0.0267. The molecular formula is C18H18ClF2IN2O3. The van der Waals surface area contributed by atoms with E-state index in [1.54, 1.807) is 19.9 Å². The predicted octanol–water partition coefficient (Wildman–Crippen LogP) is 4.65. The molecule has 0 radical (unpaired) electrons. The number of halogens is 4. The Labute approximate surface area is 174 Å². The highest BCUT2D eigenvalue weighted by molar-refractivity contribution is 14.1. The van der Waals surface area contributed by atoms with Crippen molar-refractivity contribution in [3.8, 4) is 0 Å². The van der Waals surface area contributed by atoms with Gasteiger partial charge in [-0.05, 0) is 52.9 Å². The van der Waals surface area contributed by atoms with E-state index in [2.05, 4.69) is 10.8 Å². The Bertz CT molecular complexity index is 850. The maximum absolute atomic E-state index is 14.1. The first-order chi connectivity index (χ1) is 12.6. The molecule has 3 N–H and O–H groups in total. The van der Waals surface area contributed by atoms with Crippen molar-refractivity contribution in [2.75, 3.05) is 18.5 Å². The molecule has 0 fully saturated rings. The van der Waals surface area contributed by atoms with Crippen molar-refractivity contribution in [2.24, 2.45) is 5.41 Å². The number of rotatable bonds is 7. The zero-order chi connectivity index (χ0) is 20.2. The molecule has 1 amide bonds. The van der Waals surface area contributed by atoms with Crippen molar-refractivity contribution in [3.05, 3.63) is 56.1 Å². The van der Waals surface area contributed by atoms with Gasteiger partial charge in [-0.15, -0.1) is 0 Å². The average Bonchev–Trinajstić information content (AvgIpc) is 2.60. The summed E-state index contributed by atoms with van der Waals surface area (Å²) in [6.07, 6.45) is 0. The first kappa shape index (κ1) is 21.8. The molecule has 0 spiro atoms. The van der Waals surface area contributed by atoms with E-state index in [-0.39, 0.29) is 35.2 Å². The molecule has 0 heterocycles. The van der Waals surface area contributed by atoms with Gasteiger partial charge < -0.3 is 10.4 Å². The van der Waals surface area contributed by atoms with Gasteiger partial charge >= 0.3 is 0 Å². The molecule has 2 rings (SSSR count). The quantitative estimate of drug-likeness (QED) is 0.375. The number of carbonyl (C=O) groups is 1. The maximum Gasteiger partial charge on any atom is 0.277 e. The molecule has 5 nitrogen and oxygen atoms in total. The second-order valence-electron chi connectivity index (χ2n) is 6.60. The van der Waals surface area contributed by atoms with E-state index in [9.17, 15) is 18.7 Å². The monoisotopic (exact) mass is 510 g/mol. The first-order valence-electron chi connectivity index (χ1n) is 7.87. The van der Waals surface area contributed by atoms with Crippen LogP contribution in [0.2, 0.25) is 5.02 Å². The van der Waals surface area contributed by atoms with Crippen LogP contribution in [0.5, 0.6) is 0 Å². The van der Waals surface area contributed by atoms with E-state index >= 15 is 0 Å². The van der Waals surface area contributed by atoms with Crippen LogP contribution < -0.4 is 10.8 Å². The summed E-state index contributed by atoms with van der Waals surface area (Å²) in [6.45, 7) is 3.42. The third kappa shape index (κ3) is 6.00. The third-order valence-electron chi connectivity index (χ3n) is 3.56. The van der Waals surface area contributed by atoms with Crippen LogP contribution in [-0.4, -0.2) is 24.2 Å².